The van der Waals surface area contributed by atoms with E-state index >= 15 is 0 Å². The van der Waals surface area contributed by atoms with Crippen molar-refractivity contribution in [1.82, 2.24) is 10.3 Å². The summed E-state index contributed by atoms with van der Waals surface area (Å²) in [6, 6.07) is 2.40. The van der Waals surface area contributed by atoms with Gasteiger partial charge in [-0.2, -0.15) is 13.2 Å². The Bertz CT molecular complexity index is 391. The molecule has 0 radical (unpaired) electrons. The predicted octanol–water partition coefficient (Wildman–Crippen LogP) is 2.10. The van der Waals surface area contributed by atoms with Crippen LogP contribution >= 0.6 is 0 Å². The molecule has 0 spiro atoms. The van der Waals surface area contributed by atoms with E-state index in [9.17, 15) is 18.3 Å². The first-order valence-electron chi connectivity index (χ1n) is 5.90. The summed E-state index contributed by atoms with van der Waals surface area (Å²) in [6.07, 6.45) is -1.23. The van der Waals surface area contributed by atoms with Gasteiger partial charge in [-0.25, -0.2) is 0 Å². The number of aliphatic hydroxyl groups excluding tert-OH is 1. The van der Waals surface area contributed by atoms with Crippen LogP contribution in [0.15, 0.2) is 18.3 Å². The molecule has 1 aliphatic carbocycles. The number of pyridine rings is 1. The zero-order valence-electron chi connectivity index (χ0n) is 9.74. The molecule has 1 saturated carbocycles. The van der Waals surface area contributed by atoms with Crippen molar-refractivity contribution >= 4 is 0 Å². The molecule has 0 amide bonds. The van der Waals surface area contributed by atoms with E-state index in [0.717, 1.165) is 31.5 Å². The van der Waals surface area contributed by atoms with E-state index < -0.39 is 11.7 Å². The molecule has 1 fully saturated rings. The zero-order chi connectivity index (χ0) is 13.2. The van der Waals surface area contributed by atoms with E-state index in [-0.39, 0.29) is 12.1 Å². The average molecular weight is 260 g/mol. The van der Waals surface area contributed by atoms with E-state index in [0.29, 0.717) is 12.2 Å². The Morgan fingerprint density at radius 2 is 2.11 bits per heavy atom. The third-order valence-corrected chi connectivity index (χ3v) is 3.18. The normalized spacial score (nSPS) is 24.4. The molecule has 0 bridgehead atoms. The molecule has 2 atom stereocenters. The molecular weight excluding hydrogens is 245 g/mol. The van der Waals surface area contributed by atoms with Gasteiger partial charge in [0.1, 0.15) is 0 Å². The highest BCUT2D eigenvalue weighted by Gasteiger charge is 2.30. The summed E-state index contributed by atoms with van der Waals surface area (Å²) >= 11 is 0. The van der Waals surface area contributed by atoms with Crippen LogP contribution in [-0.4, -0.2) is 22.2 Å². The standard InChI is InChI=1S/C12H15F3N2O/c13-12(14,15)8-4-5-9(16-6-8)7-17-10-2-1-3-11(10)18/h4-6,10-11,17-18H,1-3,7H2/t10-,11-/m1/s1. The lowest BCUT2D eigenvalue weighted by Crippen LogP contribution is -2.35. The molecule has 18 heavy (non-hydrogen) atoms. The minimum absolute atomic E-state index is 0.0223. The van der Waals surface area contributed by atoms with Crippen molar-refractivity contribution in [3.63, 3.8) is 0 Å². The van der Waals surface area contributed by atoms with Gasteiger partial charge in [0.2, 0.25) is 0 Å². The molecule has 2 N–H and O–H groups in total. The Balaban J connectivity index is 1.90. The minimum Gasteiger partial charge on any atom is -0.392 e. The highest BCUT2D eigenvalue weighted by molar-refractivity contribution is 5.16. The fourth-order valence-corrected chi connectivity index (χ4v) is 2.11. The van der Waals surface area contributed by atoms with Gasteiger partial charge in [0.25, 0.3) is 0 Å². The van der Waals surface area contributed by atoms with Crippen molar-refractivity contribution < 1.29 is 18.3 Å². The monoisotopic (exact) mass is 260 g/mol. The Hall–Kier alpha value is -1.14. The molecule has 1 aromatic heterocycles. The molecule has 2 rings (SSSR count). The number of nitrogens with one attached hydrogen (secondary N) is 1. The summed E-state index contributed by atoms with van der Waals surface area (Å²) in [6.45, 7) is 0.375. The Labute approximate surface area is 103 Å². The lowest BCUT2D eigenvalue weighted by molar-refractivity contribution is -0.137. The fourth-order valence-electron chi connectivity index (χ4n) is 2.11. The summed E-state index contributed by atoms with van der Waals surface area (Å²) in [4.78, 5) is 3.77. The minimum atomic E-state index is -4.35. The van der Waals surface area contributed by atoms with Gasteiger partial charge < -0.3 is 10.4 Å². The molecule has 1 aliphatic rings. The second-order valence-electron chi connectivity index (χ2n) is 4.52. The number of nitrogens with zero attached hydrogens (tertiary/aromatic N) is 1. The number of aromatic nitrogens is 1. The van der Waals surface area contributed by atoms with Crippen LogP contribution in [-0.2, 0) is 12.7 Å². The Kier molecular flexibility index (Phi) is 3.87. The van der Waals surface area contributed by atoms with Crippen LogP contribution < -0.4 is 5.32 Å². The Morgan fingerprint density at radius 1 is 1.33 bits per heavy atom. The van der Waals surface area contributed by atoms with Crippen LogP contribution in [0.4, 0.5) is 13.2 Å². The van der Waals surface area contributed by atoms with Gasteiger partial charge in [0.15, 0.2) is 0 Å². The van der Waals surface area contributed by atoms with Gasteiger partial charge in [-0.3, -0.25) is 4.98 Å². The smallest absolute Gasteiger partial charge is 0.392 e. The van der Waals surface area contributed by atoms with E-state index in [1.54, 1.807) is 0 Å². The first-order chi connectivity index (χ1) is 8.47. The highest BCUT2D eigenvalue weighted by Crippen LogP contribution is 2.28. The highest BCUT2D eigenvalue weighted by atomic mass is 19.4. The van der Waals surface area contributed by atoms with E-state index in [1.807, 2.05) is 0 Å². The number of alkyl halides is 3. The molecule has 0 aromatic carbocycles. The summed E-state index contributed by atoms with van der Waals surface area (Å²) in [5.41, 5.74) is -0.200. The largest absolute Gasteiger partial charge is 0.417 e. The van der Waals surface area contributed by atoms with Gasteiger partial charge in [0, 0.05) is 18.8 Å². The zero-order valence-corrected chi connectivity index (χ0v) is 9.74. The van der Waals surface area contributed by atoms with Crippen molar-refractivity contribution in [3.05, 3.63) is 29.6 Å². The molecule has 3 nitrogen and oxygen atoms in total. The van der Waals surface area contributed by atoms with E-state index in [4.69, 9.17) is 0 Å². The second kappa shape index (κ2) is 5.24. The predicted molar refractivity (Wildman–Crippen MR) is 59.7 cm³/mol. The van der Waals surface area contributed by atoms with Gasteiger partial charge in [0.05, 0.1) is 17.4 Å². The molecule has 1 heterocycles. The van der Waals surface area contributed by atoms with Crippen molar-refractivity contribution in [3.8, 4) is 0 Å². The average Bonchev–Trinajstić information content (AvgIpc) is 2.72. The van der Waals surface area contributed by atoms with Gasteiger partial charge in [-0.1, -0.05) is 0 Å². The SMILES string of the molecule is O[C@@H]1CCC[C@H]1NCc1ccc(C(F)(F)F)cn1. The number of halogens is 3. The lowest BCUT2D eigenvalue weighted by Gasteiger charge is -2.16. The van der Waals surface area contributed by atoms with E-state index in [1.165, 1.54) is 6.07 Å². The summed E-state index contributed by atoms with van der Waals surface area (Å²) < 4.78 is 36.9. The summed E-state index contributed by atoms with van der Waals surface area (Å²) in [7, 11) is 0. The first kappa shape index (κ1) is 13.3. The van der Waals surface area contributed by atoms with Gasteiger partial charge in [-0.15, -0.1) is 0 Å². The van der Waals surface area contributed by atoms with Crippen LogP contribution in [0.5, 0.6) is 0 Å². The van der Waals surface area contributed by atoms with Gasteiger partial charge >= 0.3 is 6.18 Å². The Morgan fingerprint density at radius 3 is 2.61 bits per heavy atom. The van der Waals surface area contributed by atoms with Gasteiger partial charge in [-0.05, 0) is 31.4 Å². The van der Waals surface area contributed by atoms with Crippen LogP contribution in [0.2, 0.25) is 0 Å². The fraction of sp³-hybridized carbons (Fsp3) is 0.583. The maximum absolute atomic E-state index is 12.3. The maximum atomic E-state index is 12.3. The van der Waals surface area contributed by atoms with Crippen LogP contribution in [0, 0.1) is 0 Å². The second-order valence-corrected chi connectivity index (χ2v) is 4.52. The first-order valence-corrected chi connectivity index (χ1v) is 5.90. The summed E-state index contributed by atoms with van der Waals surface area (Å²) in [5.74, 6) is 0. The third kappa shape index (κ3) is 3.20. The maximum Gasteiger partial charge on any atom is 0.417 e. The molecule has 0 saturated heterocycles. The molecule has 6 heteroatoms. The number of hydrogen-bond acceptors (Lipinski definition) is 3. The van der Waals surface area contributed by atoms with E-state index in [2.05, 4.69) is 10.3 Å². The number of rotatable bonds is 3. The van der Waals surface area contributed by atoms with Crippen molar-refractivity contribution in [2.75, 3.05) is 0 Å². The third-order valence-electron chi connectivity index (χ3n) is 3.18. The summed E-state index contributed by atoms with van der Waals surface area (Å²) in [5, 5.41) is 12.7. The number of aliphatic hydroxyl groups is 1. The molecule has 100 valence electrons. The van der Waals surface area contributed by atoms with Crippen LogP contribution in [0.25, 0.3) is 0 Å². The molecule has 0 aliphatic heterocycles. The van der Waals surface area contributed by atoms with Crippen molar-refractivity contribution in [1.29, 1.82) is 0 Å². The lowest BCUT2D eigenvalue weighted by atomic mass is 10.2. The van der Waals surface area contributed by atoms with Crippen molar-refractivity contribution in [2.24, 2.45) is 0 Å². The van der Waals surface area contributed by atoms with Crippen molar-refractivity contribution in [2.45, 2.75) is 44.1 Å². The number of hydrogen-bond donors (Lipinski definition) is 2. The molecule has 0 unspecified atom stereocenters. The quantitative estimate of drug-likeness (QED) is 0.874. The topological polar surface area (TPSA) is 45.1 Å². The van der Waals surface area contributed by atoms with Crippen LogP contribution in [0.1, 0.15) is 30.5 Å². The molecule has 1 aromatic rings. The molecular formula is C12H15F3N2O. The van der Waals surface area contributed by atoms with Crippen LogP contribution in [0.3, 0.4) is 0 Å².